The number of sulfonamides is 1. The summed E-state index contributed by atoms with van der Waals surface area (Å²) in [5, 5.41) is 9.30. The fourth-order valence-corrected chi connectivity index (χ4v) is 3.87. The second kappa shape index (κ2) is 6.10. The average molecular weight is 314 g/mol. The summed E-state index contributed by atoms with van der Waals surface area (Å²) in [6, 6.07) is 3.63. The van der Waals surface area contributed by atoms with Gasteiger partial charge in [0, 0.05) is 12.1 Å². The molecule has 0 aliphatic carbocycles. The number of carbonyl (C=O) groups is 1. The summed E-state index contributed by atoms with van der Waals surface area (Å²) in [5.41, 5.74) is 6.04. The first-order chi connectivity index (χ1) is 9.87. The van der Waals surface area contributed by atoms with Gasteiger partial charge in [-0.3, -0.25) is 4.79 Å². The highest BCUT2D eigenvalue weighted by Gasteiger charge is 2.34. The Labute approximate surface area is 123 Å². The third-order valence-corrected chi connectivity index (χ3v) is 5.41. The Balaban J connectivity index is 2.43. The van der Waals surface area contributed by atoms with Crippen molar-refractivity contribution >= 4 is 15.9 Å². The lowest BCUT2D eigenvalue weighted by molar-refractivity contribution is 0.0109. The lowest BCUT2D eigenvalue weighted by atomic mass is 10.1. The number of aliphatic hydroxyl groups is 1. The molecule has 0 saturated carbocycles. The van der Waals surface area contributed by atoms with Gasteiger partial charge in [-0.25, -0.2) is 8.42 Å². The summed E-state index contributed by atoms with van der Waals surface area (Å²) >= 11 is 0. The molecule has 7 nitrogen and oxygen atoms in total. The molecule has 1 amide bonds. The zero-order valence-corrected chi connectivity index (χ0v) is 12.5. The normalized spacial score (nSPS) is 20.4. The average Bonchev–Trinajstić information content (AvgIpc) is 2.47. The third-order valence-electron chi connectivity index (χ3n) is 3.47. The number of aryl methyl sites for hydroxylation is 1. The Hall–Kier alpha value is -1.48. The third kappa shape index (κ3) is 3.08. The number of hydrogen-bond donors (Lipinski definition) is 2. The molecule has 1 aromatic carbocycles. The molecule has 1 fully saturated rings. The Morgan fingerprint density at radius 2 is 2.24 bits per heavy atom. The number of hydrogen-bond acceptors (Lipinski definition) is 5. The van der Waals surface area contributed by atoms with E-state index in [1.807, 2.05) is 0 Å². The number of amides is 1. The topological polar surface area (TPSA) is 110 Å². The predicted molar refractivity (Wildman–Crippen MR) is 75.3 cm³/mol. The van der Waals surface area contributed by atoms with E-state index in [0.717, 1.165) is 0 Å². The number of nitrogens with zero attached hydrogens (tertiary/aromatic N) is 1. The van der Waals surface area contributed by atoms with Crippen LogP contribution in [0.4, 0.5) is 0 Å². The molecule has 1 atom stereocenters. The Morgan fingerprint density at radius 3 is 2.86 bits per heavy atom. The van der Waals surface area contributed by atoms with Gasteiger partial charge in [0.2, 0.25) is 15.9 Å². The minimum absolute atomic E-state index is 0.0118. The Bertz CT molecular complexity index is 644. The van der Waals surface area contributed by atoms with Gasteiger partial charge in [-0.15, -0.1) is 0 Å². The largest absolute Gasteiger partial charge is 0.395 e. The van der Waals surface area contributed by atoms with Gasteiger partial charge in [0.1, 0.15) is 0 Å². The zero-order valence-electron chi connectivity index (χ0n) is 11.7. The van der Waals surface area contributed by atoms with E-state index in [9.17, 15) is 18.3 Å². The standard InChI is InChI=1S/C13H18N2O5S/c1-9-2-3-11(6-12(9)13(14)17)21(18,19)15-4-5-20-8-10(15)7-16/h2-3,6,10,16H,4-5,7-8H2,1H3,(H2,14,17). The maximum atomic E-state index is 12.6. The molecule has 0 aromatic heterocycles. The first-order valence-corrected chi connectivity index (χ1v) is 7.93. The van der Waals surface area contributed by atoms with Crippen molar-refractivity contribution in [2.24, 2.45) is 5.73 Å². The van der Waals surface area contributed by atoms with Crippen LogP contribution in [0, 0.1) is 6.92 Å². The lowest BCUT2D eigenvalue weighted by Gasteiger charge is -2.33. The highest BCUT2D eigenvalue weighted by molar-refractivity contribution is 7.89. The molecule has 1 unspecified atom stereocenters. The van der Waals surface area contributed by atoms with Crippen molar-refractivity contribution in [2.75, 3.05) is 26.4 Å². The molecule has 21 heavy (non-hydrogen) atoms. The second-order valence-corrected chi connectivity index (χ2v) is 6.76. The number of benzene rings is 1. The van der Waals surface area contributed by atoms with Gasteiger partial charge in [-0.05, 0) is 24.6 Å². The molecule has 1 heterocycles. The van der Waals surface area contributed by atoms with Crippen molar-refractivity contribution < 1.29 is 23.1 Å². The minimum atomic E-state index is -3.81. The quantitative estimate of drug-likeness (QED) is 0.777. The maximum absolute atomic E-state index is 12.6. The fourth-order valence-electron chi connectivity index (χ4n) is 2.26. The molecule has 2 rings (SSSR count). The highest BCUT2D eigenvalue weighted by atomic mass is 32.2. The van der Waals surface area contributed by atoms with E-state index < -0.39 is 22.0 Å². The van der Waals surface area contributed by atoms with Crippen molar-refractivity contribution in [1.82, 2.24) is 4.31 Å². The van der Waals surface area contributed by atoms with Crippen LogP contribution >= 0.6 is 0 Å². The van der Waals surface area contributed by atoms with E-state index in [-0.39, 0.29) is 36.8 Å². The Kier molecular flexibility index (Phi) is 4.62. The molecular formula is C13H18N2O5S. The van der Waals surface area contributed by atoms with E-state index in [4.69, 9.17) is 10.5 Å². The summed E-state index contributed by atoms with van der Waals surface area (Å²) in [6.45, 7) is 1.93. The molecule has 1 aliphatic heterocycles. The first kappa shape index (κ1) is 15.9. The number of ether oxygens (including phenoxy) is 1. The number of primary amides is 1. The van der Waals surface area contributed by atoms with Crippen molar-refractivity contribution in [2.45, 2.75) is 17.9 Å². The van der Waals surface area contributed by atoms with Gasteiger partial charge in [-0.2, -0.15) is 4.31 Å². The monoisotopic (exact) mass is 314 g/mol. The van der Waals surface area contributed by atoms with E-state index in [1.165, 1.54) is 16.4 Å². The number of carbonyl (C=O) groups excluding carboxylic acids is 1. The summed E-state index contributed by atoms with van der Waals surface area (Å²) in [5.74, 6) is -0.676. The van der Waals surface area contributed by atoms with Gasteiger partial charge in [0.15, 0.2) is 0 Å². The van der Waals surface area contributed by atoms with Crippen LogP contribution in [0.5, 0.6) is 0 Å². The van der Waals surface area contributed by atoms with E-state index in [1.54, 1.807) is 13.0 Å². The zero-order chi connectivity index (χ0) is 15.6. The van der Waals surface area contributed by atoms with Crippen molar-refractivity contribution in [1.29, 1.82) is 0 Å². The molecule has 8 heteroatoms. The van der Waals surface area contributed by atoms with Gasteiger partial charge < -0.3 is 15.6 Å². The molecule has 116 valence electrons. The molecular weight excluding hydrogens is 296 g/mol. The van der Waals surface area contributed by atoms with E-state index >= 15 is 0 Å². The summed E-state index contributed by atoms with van der Waals surface area (Å²) in [6.07, 6.45) is 0. The second-order valence-electron chi connectivity index (χ2n) is 4.87. The molecule has 1 aliphatic rings. The highest BCUT2D eigenvalue weighted by Crippen LogP contribution is 2.22. The Morgan fingerprint density at radius 1 is 1.52 bits per heavy atom. The molecule has 0 radical (unpaired) electrons. The van der Waals surface area contributed by atoms with Crippen LogP contribution in [0.15, 0.2) is 23.1 Å². The first-order valence-electron chi connectivity index (χ1n) is 6.49. The van der Waals surface area contributed by atoms with Crippen LogP contribution in [0.3, 0.4) is 0 Å². The van der Waals surface area contributed by atoms with Crippen LogP contribution in [0.1, 0.15) is 15.9 Å². The summed E-state index contributed by atoms with van der Waals surface area (Å²) in [7, 11) is -3.81. The summed E-state index contributed by atoms with van der Waals surface area (Å²) in [4.78, 5) is 11.3. The minimum Gasteiger partial charge on any atom is -0.395 e. The number of rotatable bonds is 4. The van der Waals surface area contributed by atoms with Crippen LogP contribution < -0.4 is 5.73 Å². The van der Waals surface area contributed by atoms with Crippen LogP contribution in [-0.2, 0) is 14.8 Å². The van der Waals surface area contributed by atoms with Crippen LogP contribution in [0.25, 0.3) is 0 Å². The van der Waals surface area contributed by atoms with Crippen molar-refractivity contribution in [3.8, 4) is 0 Å². The van der Waals surface area contributed by atoms with Gasteiger partial charge >= 0.3 is 0 Å². The van der Waals surface area contributed by atoms with Crippen molar-refractivity contribution in [3.63, 3.8) is 0 Å². The van der Waals surface area contributed by atoms with Gasteiger partial charge in [0.05, 0.1) is 30.8 Å². The maximum Gasteiger partial charge on any atom is 0.249 e. The van der Waals surface area contributed by atoms with Crippen LogP contribution in [0.2, 0.25) is 0 Å². The van der Waals surface area contributed by atoms with E-state index in [2.05, 4.69) is 0 Å². The molecule has 1 saturated heterocycles. The molecule has 3 N–H and O–H groups in total. The number of morpholine rings is 1. The van der Waals surface area contributed by atoms with Gasteiger partial charge in [0.25, 0.3) is 0 Å². The molecule has 0 spiro atoms. The lowest BCUT2D eigenvalue weighted by Crippen LogP contribution is -2.50. The number of aliphatic hydroxyl groups excluding tert-OH is 1. The predicted octanol–water partition coefficient (Wildman–Crippen LogP) is -0.524. The van der Waals surface area contributed by atoms with Crippen molar-refractivity contribution in [3.05, 3.63) is 29.3 Å². The molecule has 1 aromatic rings. The van der Waals surface area contributed by atoms with Gasteiger partial charge in [-0.1, -0.05) is 6.07 Å². The SMILES string of the molecule is Cc1ccc(S(=O)(=O)N2CCOCC2CO)cc1C(N)=O. The number of nitrogens with two attached hydrogens (primary N) is 1. The summed E-state index contributed by atoms with van der Waals surface area (Å²) < 4.78 is 31.7. The molecule has 0 bridgehead atoms. The van der Waals surface area contributed by atoms with E-state index in [0.29, 0.717) is 5.56 Å². The fraction of sp³-hybridized carbons (Fsp3) is 0.462. The smallest absolute Gasteiger partial charge is 0.249 e. The van der Waals surface area contributed by atoms with Crippen LogP contribution in [-0.4, -0.2) is 56.1 Å².